The molecule has 0 saturated carbocycles. The maximum atomic E-state index is 12.5. The number of allylic oxidation sites excluding steroid dienone is 1. The van der Waals surface area contributed by atoms with Crippen molar-refractivity contribution in [3.63, 3.8) is 0 Å². The summed E-state index contributed by atoms with van der Waals surface area (Å²) in [4.78, 5) is 28.0. The molecule has 2 aromatic rings. The van der Waals surface area contributed by atoms with E-state index in [0.29, 0.717) is 36.6 Å². The van der Waals surface area contributed by atoms with Gasteiger partial charge in [0.15, 0.2) is 0 Å². The summed E-state index contributed by atoms with van der Waals surface area (Å²) in [5.74, 6) is 0.643. The Hall–Kier alpha value is -3.94. The lowest BCUT2D eigenvalue weighted by Crippen LogP contribution is -2.56. The minimum Gasteiger partial charge on any atom is -0.487 e. The number of hydrogen-bond donors (Lipinski definition) is 2. The van der Waals surface area contributed by atoms with E-state index in [1.165, 1.54) is 12.5 Å². The third-order valence-electron chi connectivity index (χ3n) is 5.20. The Kier molecular flexibility index (Phi) is 4.51. The van der Waals surface area contributed by atoms with Gasteiger partial charge < -0.3 is 24.7 Å². The molecule has 1 aromatic carbocycles. The minimum atomic E-state index is -0.188. The number of dihydropyridines is 1. The second-order valence-corrected chi connectivity index (χ2v) is 7.30. The molecule has 0 spiro atoms. The van der Waals surface area contributed by atoms with Crippen LogP contribution >= 0.6 is 0 Å². The highest BCUT2D eigenvalue weighted by atomic mass is 16.5. The van der Waals surface area contributed by atoms with E-state index in [2.05, 4.69) is 10.6 Å². The molecule has 0 atom stereocenters. The second-order valence-electron chi connectivity index (χ2n) is 7.30. The number of urea groups is 1. The first-order valence-corrected chi connectivity index (χ1v) is 9.65. The standard InChI is InChI=1S/C22H20N4O4/c27-21(16-6-8-29-14-16)25-12-20(13-25)30-19-3-1-18(2-4-19)24-22(28)26-10-15-5-7-23-9-17(15)11-26/h1-10,14,20,23H,11-13H2,(H,24,28). The molecule has 0 unspecified atom stereocenters. The lowest BCUT2D eigenvalue weighted by atomic mass is 10.1. The number of carbonyl (C=O) groups is 2. The van der Waals surface area contributed by atoms with Gasteiger partial charge >= 0.3 is 6.03 Å². The van der Waals surface area contributed by atoms with Gasteiger partial charge in [-0.3, -0.25) is 9.69 Å². The molecule has 4 heterocycles. The number of carbonyl (C=O) groups excluding carboxylic acids is 2. The lowest BCUT2D eigenvalue weighted by molar-refractivity contribution is 0.0177. The summed E-state index contributed by atoms with van der Waals surface area (Å²) in [5.41, 5.74) is 3.35. The van der Waals surface area contributed by atoms with Crippen molar-refractivity contribution in [2.75, 3.05) is 25.0 Å². The predicted octanol–water partition coefficient (Wildman–Crippen LogP) is 2.92. The maximum absolute atomic E-state index is 12.5. The SMILES string of the molecule is O=C(Nc1ccc(OC2CN(C(=O)c3ccoc3)C2)cc1)N1C=C2C=CNC=C2C1. The molecule has 8 heteroatoms. The Morgan fingerprint density at radius 2 is 2.00 bits per heavy atom. The number of rotatable bonds is 4. The van der Waals surface area contributed by atoms with Crippen LogP contribution in [0, 0.1) is 0 Å². The fourth-order valence-corrected chi connectivity index (χ4v) is 3.52. The highest BCUT2D eigenvalue weighted by molar-refractivity contribution is 5.94. The van der Waals surface area contributed by atoms with Gasteiger partial charge in [-0.25, -0.2) is 4.79 Å². The van der Waals surface area contributed by atoms with Crippen LogP contribution in [0.3, 0.4) is 0 Å². The number of fused-ring (bicyclic) bond motifs is 1. The molecule has 0 aliphatic carbocycles. The summed E-state index contributed by atoms with van der Waals surface area (Å²) in [6, 6.07) is 8.70. The number of nitrogens with one attached hydrogen (secondary N) is 2. The van der Waals surface area contributed by atoms with Gasteiger partial charge in [-0.2, -0.15) is 0 Å². The Morgan fingerprint density at radius 3 is 2.73 bits per heavy atom. The zero-order valence-electron chi connectivity index (χ0n) is 16.1. The van der Waals surface area contributed by atoms with E-state index < -0.39 is 0 Å². The van der Waals surface area contributed by atoms with Crippen molar-refractivity contribution in [2.45, 2.75) is 6.10 Å². The van der Waals surface area contributed by atoms with Crippen molar-refractivity contribution in [3.05, 3.63) is 84.2 Å². The summed E-state index contributed by atoms with van der Waals surface area (Å²) >= 11 is 0. The van der Waals surface area contributed by atoms with Gasteiger partial charge in [-0.05, 0) is 47.6 Å². The van der Waals surface area contributed by atoms with Gasteiger partial charge in [0.25, 0.3) is 5.91 Å². The van der Waals surface area contributed by atoms with Gasteiger partial charge in [0.1, 0.15) is 18.1 Å². The van der Waals surface area contributed by atoms with Crippen molar-refractivity contribution >= 4 is 17.6 Å². The van der Waals surface area contributed by atoms with Crippen LogP contribution in [0.4, 0.5) is 10.5 Å². The molecule has 1 fully saturated rings. The molecule has 30 heavy (non-hydrogen) atoms. The Balaban J connectivity index is 1.12. The molecule has 2 N–H and O–H groups in total. The first-order chi connectivity index (χ1) is 14.7. The van der Waals surface area contributed by atoms with Crippen LogP contribution in [0.15, 0.2) is 83.1 Å². The van der Waals surface area contributed by atoms with E-state index in [4.69, 9.17) is 9.15 Å². The van der Waals surface area contributed by atoms with Gasteiger partial charge in [0.05, 0.1) is 31.5 Å². The number of benzene rings is 1. The monoisotopic (exact) mass is 404 g/mol. The van der Waals surface area contributed by atoms with Crippen LogP contribution < -0.4 is 15.4 Å². The zero-order chi connectivity index (χ0) is 20.5. The Morgan fingerprint density at radius 1 is 1.17 bits per heavy atom. The van der Waals surface area contributed by atoms with Gasteiger partial charge in [-0.1, -0.05) is 0 Å². The van der Waals surface area contributed by atoms with Crippen LogP contribution in [-0.2, 0) is 0 Å². The highest BCUT2D eigenvalue weighted by Gasteiger charge is 2.33. The van der Waals surface area contributed by atoms with Crippen LogP contribution in [0.1, 0.15) is 10.4 Å². The Bertz CT molecular complexity index is 1050. The van der Waals surface area contributed by atoms with E-state index in [1.807, 2.05) is 36.8 Å². The molecule has 1 aromatic heterocycles. The van der Waals surface area contributed by atoms with Crippen molar-refractivity contribution < 1.29 is 18.7 Å². The van der Waals surface area contributed by atoms with E-state index in [0.717, 1.165) is 11.1 Å². The van der Waals surface area contributed by atoms with Gasteiger partial charge in [0.2, 0.25) is 0 Å². The van der Waals surface area contributed by atoms with Gasteiger partial charge in [0, 0.05) is 24.3 Å². The second kappa shape index (κ2) is 7.47. The average molecular weight is 404 g/mol. The molecule has 0 radical (unpaired) electrons. The molecule has 3 amide bonds. The van der Waals surface area contributed by atoms with Crippen LogP contribution in [0.5, 0.6) is 5.75 Å². The summed E-state index contributed by atoms with van der Waals surface area (Å²) in [6.07, 6.45) is 10.4. The quantitative estimate of drug-likeness (QED) is 0.818. The van der Waals surface area contributed by atoms with Crippen molar-refractivity contribution in [1.29, 1.82) is 0 Å². The van der Waals surface area contributed by atoms with Crippen LogP contribution in [0.2, 0.25) is 0 Å². The molecular formula is C22H20N4O4. The summed E-state index contributed by atoms with van der Waals surface area (Å²) in [5, 5.41) is 5.92. The molecule has 152 valence electrons. The normalized spacial score (nSPS) is 17.5. The molecule has 1 saturated heterocycles. The first kappa shape index (κ1) is 18.1. The van der Waals surface area contributed by atoms with E-state index in [1.54, 1.807) is 28.0 Å². The van der Waals surface area contributed by atoms with E-state index >= 15 is 0 Å². The topological polar surface area (TPSA) is 87.0 Å². The summed E-state index contributed by atoms with van der Waals surface area (Å²) < 4.78 is 10.8. The third-order valence-corrected chi connectivity index (χ3v) is 5.20. The molecule has 3 aliphatic rings. The van der Waals surface area contributed by atoms with Crippen LogP contribution in [-0.4, -0.2) is 47.5 Å². The number of hydrogen-bond acceptors (Lipinski definition) is 5. The van der Waals surface area contributed by atoms with Gasteiger partial charge in [-0.15, -0.1) is 0 Å². The van der Waals surface area contributed by atoms with Crippen molar-refractivity contribution in [2.24, 2.45) is 0 Å². The average Bonchev–Trinajstić information content (AvgIpc) is 3.41. The first-order valence-electron chi connectivity index (χ1n) is 9.65. The fraction of sp³-hybridized carbons (Fsp3) is 0.182. The number of nitrogens with zero attached hydrogens (tertiary/aromatic N) is 2. The van der Waals surface area contributed by atoms with E-state index in [-0.39, 0.29) is 18.0 Å². The molecule has 3 aliphatic heterocycles. The molecule has 5 rings (SSSR count). The number of likely N-dealkylation sites (tertiary alicyclic amines) is 1. The van der Waals surface area contributed by atoms with Crippen molar-refractivity contribution in [3.8, 4) is 5.75 Å². The smallest absolute Gasteiger partial charge is 0.326 e. The number of amides is 3. The fourth-order valence-electron chi connectivity index (χ4n) is 3.52. The van der Waals surface area contributed by atoms with Crippen molar-refractivity contribution in [1.82, 2.24) is 15.1 Å². The zero-order valence-corrected chi connectivity index (χ0v) is 16.1. The third kappa shape index (κ3) is 3.55. The largest absolute Gasteiger partial charge is 0.487 e. The summed E-state index contributed by atoms with van der Waals surface area (Å²) in [6.45, 7) is 1.60. The van der Waals surface area contributed by atoms with Crippen LogP contribution in [0.25, 0.3) is 0 Å². The minimum absolute atomic E-state index is 0.0456. The molecule has 0 bridgehead atoms. The summed E-state index contributed by atoms with van der Waals surface area (Å²) in [7, 11) is 0. The molecular weight excluding hydrogens is 384 g/mol. The number of furan rings is 1. The predicted molar refractivity (Wildman–Crippen MR) is 110 cm³/mol. The number of ether oxygens (including phenoxy) is 1. The number of anilines is 1. The Labute approximate surface area is 173 Å². The maximum Gasteiger partial charge on any atom is 0.326 e. The van der Waals surface area contributed by atoms with E-state index in [9.17, 15) is 9.59 Å². The molecule has 8 nitrogen and oxygen atoms in total. The lowest BCUT2D eigenvalue weighted by Gasteiger charge is -2.38. The highest BCUT2D eigenvalue weighted by Crippen LogP contribution is 2.25.